The van der Waals surface area contributed by atoms with E-state index in [1.165, 1.54) is 7.11 Å². The summed E-state index contributed by atoms with van der Waals surface area (Å²) in [6, 6.07) is -0.0482. The molecule has 0 aromatic carbocycles. The quantitative estimate of drug-likeness (QED) is 0.708. The van der Waals surface area contributed by atoms with Gasteiger partial charge in [0, 0.05) is 24.7 Å². The van der Waals surface area contributed by atoms with E-state index in [4.69, 9.17) is 4.74 Å². The summed E-state index contributed by atoms with van der Waals surface area (Å²) in [7, 11) is 1.38. The SMILES string of the molecule is COC(=O)C[C@@H]1CSCCN1C(=O)[C@@H]1CCCO1. The number of hydrogen-bond acceptors (Lipinski definition) is 5. The number of rotatable bonds is 3. The fourth-order valence-electron chi connectivity index (χ4n) is 2.35. The van der Waals surface area contributed by atoms with E-state index in [-0.39, 0.29) is 30.4 Å². The Hall–Kier alpha value is -0.750. The normalized spacial score (nSPS) is 28.2. The Kier molecular flexibility index (Phi) is 4.88. The van der Waals surface area contributed by atoms with Crippen molar-refractivity contribution in [3.05, 3.63) is 0 Å². The second-order valence-corrected chi connectivity index (χ2v) is 5.69. The molecule has 1 amide bonds. The molecule has 2 rings (SSSR count). The Morgan fingerprint density at radius 2 is 2.33 bits per heavy atom. The van der Waals surface area contributed by atoms with Gasteiger partial charge in [-0.2, -0.15) is 11.8 Å². The van der Waals surface area contributed by atoms with Crippen LogP contribution in [-0.4, -0.2) is 60.7 Å². The fourth-order valence-corrected chi connectivity index (χ4v) is 3.41. The Labute approximate surface area is 111 Å². The van der Waals surface area contributed by atoms with E-state index in [0.717, 1.165) is 24.3 Å². The molecule has 2 atom stereocenters. The zero-order chi connectivity index (χ0) is 13.0. The number of thioether (sulfide) groups is 1. The second-order valence-electron chi connectivity index (χ2n) is 4.54. The second kappa shape index (κ2) is 6.43. The molecule has 2 aliphatic rings. The van der Waals surface area contributed by atoms with Gasteiger partial charge in [-0.3, -0.25) is 9.59 Å². The molecule has 0 unspecified atom stereocenters. The monoisotopic (exact) mass is 273 g/mol. The molecular weight excluding hydrogens is 254 g/mol. The lowest BCUT2D eigenvalue weighted by molar-refractivity contribution is -0.146. The maximum absolute atomic E-state index is 12.3. The number of nitrogens with zero attached hydrogens (tertiary/aromatic N) is 1. The summed E-state index contributed by atoms with van der Waals surface area (Å²) in [5.74, 6) is 1.51. The van der Waals surface area contributed by atoms with Gasteiger partial charge in [0.25, 0.3) is 5.91 Å². The van der Waals surface area contributed by atoms with Crippen molar-refractivity contribution in [3.63, 3.8) is 0 Å². The van der Waals surface area contributed by atoms with Crippen LogP contribution in [0.25, 0.3) is 0 Å². The van der Waals surface area contributed by atoms with Crippen LogP contribution >= 0.6 is 11.8 Å². The highest BCUT2D eigenvalue weighted by atomic mass is 32.2. The molecule has 2 fully saturated rings. The van der Waals surface area contributed by atoms with Crippen molar-refractivity contribution in [3.8, 4) is 0 Å². The molecule has 2 heterocycles. The fraction of sp³-hybridized carbons (Fsp3) is 0.833. The average molecular weight is 273 g/mol. The number of hydrogen-bond donors (Lipinski definition) is 0. The minimum Gasteiger partial charge on any atom is -0.469 e. The average Bonchev–Trinajstić information content (AvgIpc) is 2.92. The van der Waals surface area contributed by atoms with E-state index < -0.39 is 0 Å². The first-order valence-corrected chi connectivity index (χ1v) is 7.44. The van der Waals surface area contributed by atoms with E-state index in [9.17, 15) is 9.59 Å². The predicted octanol–water partition coefficient (Wildman–Crippen LogP) is 0.672. The predicted molar refractivity (Wildman–Crippen MR) is 68.4 cm³/mol. The van der Waals surface area contributed by atoms with Gasteiger partial charge in [0.15, 0.2) is 0 Å². The molecule has 0 N–H and O–H groups in total. The van der Waals surface area contributed by atoms with Gasteiger partial charge in [-0.25, -0.2) is 0 Å². The van der Waals surface area contributed by atoms with Crippen LogP contribution in [0.1, 0.15) is 19.3 Å². The third kappa shape index (κ3) is 3.17. The molecule has 0 saturated carbocycles. The molecule has 0 spiro atoms. The van der Waals surface area contributed by atoms with Crippen LogP contribution in [0.5, 0.6) is 0 Å². The zero-order valence-electron chi connectivity index (χ0n) is 10.6. The summed E-state index contributed by atoms with van der Waals surface area (Å²) >= 11 is 1.78. The Balaban J connectivity index is 1.97. The van der Waals surface area contributed by atoms with Crippen molar-refractivity contribution >= 4 is 23.6 Å². The van der Waals surface area contributed by atoms with Gasteiger partial charge in [-0.05, 0) is 12.8 Å². The van der Waals surface area contributed by atoms with E-state index in [1.807, 2.05) is 4.90 Å². The molecule has 102 valence electrons. The van der Waals surface area contributed by atoms with Crippen molar-refractivity contribution in [2.45, 2.75) is 31.4 Å². The first-order chi connectivity index (χ1) is 8.72. The third-order valence-electron chi connectivity index (χ3n) is 3.35. The van der Waals surface area contributed by atoms with Gasteiger partial charge >= 0.3 is 5.97 Å². The van der Waals surface area contributed by atoms with Gasteiger partial charge in [-0.15, -0.1) is 0 Å². The lowest BCUT2D eigenvalue weighted by Crippen LogP contribution is -2.50. The largest absolute Gasteiger partial charge is 0.469 e. The third-order valence-corrected chi connectivity index (χ3v) is 4.44. The standard InChI is InChI=1S/C12H19NO4S/c1-16-11(14)7-9-8-18-6-4-13(9)12(15)10-3-2-5-17-10/h9-10H,2-8H2,1H3/t9-,10+/m1/s1. The highest BCUT2D eigenvalue weighted by molar-refractivity contribution is 7.99. The Morgan fingerprint density at radius 1 is 1.50 bits per heavy atom. The van der Waals surface area contributed by atoms with Gasteiger partial charge in [-0.1, -0.05) is 0 Å². The zero-order valence-corrected chi connectivity index (χ0v) is 11.4. The lowest BCUT2D eigenvalue weighted by atomic mass is 10.1. The molecule has 0 bridgehead atoms. The summed E-state index contributed by atoms with van der Waals surface area (Å²) in [5, 5.41) is 0. The summed E-state index contributed by atoms with van der Waals surface area (Å²) in [6.07, 6.45) is 1.73. The Bertz CT molecular complexity index is 317. The van der Waals surface area contributed by atoms with Crippen LogP contribution in [0.4, 0.5) is 0 Å². The highest BCUT2D eigenvalue weighted by Gasteiger charge is 2.34. The first kappa shape index (κ1) is 13.7. The molecule has 2 saturated heterocycles. The number of esters is 1. The minimum absolute atomic E-state index is 0.0432. The van der Waals surface area contributed by atoms with Crippen LogP contribution in [0.2, 0.25) is 0 Å². The molecule has 0 aliphatic carbocycles. The molecule has 0 aromatic rings. The van der Waals surface area contributed by atoms with Crippen LogP contribution in [0.3, 0.4) is 0 Å². The van der Waals surface area contributed by atoms with Gasteiger partial charge in [0.2, 0.25) is 0 Å². The van der Waals surface area contributed by atoms with Crippen molar-refractivity contribution in [1.29, 1.82) is 0 Å². The molecule has 5 nitrogen and oxygen atoms in total. The van der Waals surface area contributed by atoms with Gasteiger partial charge in [0.05, 0.1) is 19.6 Å². The van der Waals surface area contributed by atoms with Crippen LogP contribution in [0, 0.1) is 0 Å². The van der Waals surface area contributed by atoms with Gasteiger partial charge in [0.1, 0.15) is 6.10 Å². The van der Waals surface area contributed by atoms with Gasteiger partial charge < -0.3 is 14.4 Å². The van der Waals surface area contributed by atoms with E-state index >= 15 is 0 Å². The molecule has 0 aromatic heterocycles. The summed E-state index contributed by atoms with van der Waals surface area (Å²) in [5.41, 5.74) is 0. The van der Waals surface area contributed by atoms with Crippen LogP contribution in [-0.2, 0) is 19.1 Å². The maximum atomic E-state index is 12.3. The summed E-state index contributed by atoms with van der Waals surface area (Å²) in [6.45, 7) is 1.37. The molecule has 0 radical (unpaired) electrons. The van der Waals surface area contributed by atoms with Crippen molar-refractivity contribution < 1.29 is 19.1 Å². The number of methoxy groups -OCH3 is 1. The summed E-state index contributed by atoms with van der Waals surface area (Å²) < 4.78 is 10.1. The molecule has 6 heteroatoms. The number of carbonyl (C=O) groups is 2. The molecule has 18 heavy (non-hydrogen) atoms. The van der Waals surface area contributed by atoms with E-state index in [0.29, 0.717) is 13.2 Å². The van der Waals surface area contributed by atoms with E-state index in [1.54, 1.807) is 11.8 Å². The number of amides is 1. The number of carbonyl (C=O) groups excluding carboxylic acids is 2. The van der Waals surface area contributed by atoms with Crippen LogP contribution in [0.15, 0.2) is 0 Å². The molecular formula is C12H19NO4S. The van der Waals surface area contributed by atoms with Crippen molar-refractivity contribution in [2.75, 3.05) is 31.8 Å². The smallest absolute Gasteiger partial charge is 0.307 e. The van der Waals surface area contributed by atoms with Crippen molar-refractivity contribution in [2.24, 2.45) is 0 Å². The number of ether oxygens (including phenoxy) is 2. The molecule has 2 aliphatic heterocycles. The Morgan fingerprint density at radius 3 is 3.00 bits per heavy atom. The maximum Gasteiger partial charge on any atom is 0.307 e. The van der Waals surface area contributed by atoms with E-state index in [2.05, 4.69) is 4.74 Å². The highest BCUT2D eigenvalue weighted by Crippen LogP contribution is 2.23. The summed E-state index contributed by atoms with van der Waals surface area (Å²) in [4.78, 5) is 25.5. The van der Waals surface area contributed by atoms with Crippen LogP contribution < -0.4 is 0 Å². The topological polar surface area (TPSA) is 55.8 Å². The minimum atomic E-state index is -0.298. The first-order valence-electron chi connectivity index (χ1n) is 6.29. The van der Waals surface area contributed by atoms with Crippen molar-refractivity contribution in [1.82, 2.24) is 4.90 Å². The lowest BCUT2D eigenvalue weighted by Gasteiger charge is -2.36.